The summed E-state index contributed by atoms with van der Waals surface area (Å²) >= 11 is 3.25. The van der Waals surface area contributed by atoms with E-state index in [2.05, 4.69) is 26.2 Å². The summed E-state index contributed by atoms with van der Waals surface area (Å²) in [4.78, 5) is 4.24. The predicted octanol–water partition coefficient (Wildman–Crippen LogP) is 1.93. The van der Waals surface area contributed by atoms with Crippen molar-refractivity contribution in [2.45, 2.75) is 18.7 Å². The van der Waals surface area contributed by atoms with Gasteiger partial charge in [0, 0.05) is 37.4 Å². The Morgan fingerprint density at radius 1 is 1.45 bits per heavy atom. The summed E-state index contributed by atoms with van der Waals surface area (Å²) in [5, 5.41) is 2.81. The van der Waals surface area contributed by atoms with Crippen molar-refractivity contribution in [3.8, 4) is 0 Å². The Hall–Kier alpha value is -0.700. The van der Waals surface area contributed by atoms with Crippen molar-refractivity contribution in [1.82, 2.24) is 9.29 Å². The number of ether oxygens (including phenoxy) is 1. The van der Waals surface area contributed by atoms with Gasteiger partial charge in [0.15, 0.2) is 0 Å². The second kappa shape index (κ2) is 7.92. The van der Waals surface area contributed by atoms with Crippen molar-refractivity contribution in [3.05, 3.63) is 16.7 Å². The number of likely N-dealkylation sites (N-methyl/N-ethyl adjacent to an activating group) is 1. The zero-order valence-corrected chi connectivity index (χ0v) is 14.3. The molecule has 1 rings (SSSR count). The van der Waals surface area contributed by atoms with Crippen LogP contribution in [0.25, 0.3) is 0 Å². The lowest BCUT2D eigenvalue weighted by molar-refractivity contribution is 0.135. The Balaban J connectivity index is 3.10. The highest BCUT2D eigenvalue weighted by molar-refractivity contribution is 9.10. The van der Waals surface area contributed by atoms with Gasteiger partial charge in [0.2, 0.25) is 10.0 Å². The van der Waals surface area contributed by atoms with E-state index in [1.165, 1.54) is 4.31 Å². The summed E-state index contributed by atoms with van der Waals surface area (Å²) in [5.74, 6) is 0.336. The fourth-order valence-corrected chi connectivity index (χ4v) is 3.79. The highest BCUT2D eigenvalue weighted by Crippen LogP contribution is 2.25. The average Bonchev–Trinajstić information content (AvgIpc) is 2.43. The lowest BCUT2D eigenvalue weighted by Gasteiger charge is -2.21. The van der Waals surface area contributed by atoms with Crippen molar-refractivity contribution in [2.75, 3.05) is 38.7 Å². The molecule has 0 atom stereocenters. The number of nitrogens with one attached hydrogen (secondary N) is 1. The fourth-order valence-electron chi connectivity index (χ4n) is 1.70. The minimum absolute atomic E-state index is 0.160. The van der Waals surface area contributed by atoms with Gasteiger partial charge in [-0.05, 0) is 28.9 Å². The molecule has 0 unspecified atom stereocenters. The number of hydrogen-bond donors (Lipinski definition) is 1. The molecular formula is C12H20BrN3O3S. The maximum Gasteiger partial charge on any atom is 0.246 e. The Morgan fingerprint density at radius 3 is 2.70 bits per heavy atom. The van der Waals surface area contributed by atoms with E-state index in [0.29, 0.717) is 36.6 Å². The maximum absolute atomic E-state index is 12.7. The van der Waals surface area contributed by atoms with Crippen LogP contribution in [0.3, 0.4) is 0 Å². The monoisotopic (exact) mass is 365 g/mol. The molecule has 0 aliphatic heterocycles. The summed E-state index contributed by atoms with van der Waals surface area (Å²) < 4.78 is 32.6. The van der Waals surface area contributed by atoms with Gasteiger partial charge in [0.05, 0.1) is 6.61 Å². The van der Waals surface area contributed by atoms with Crippen LogP contribution in [0.4, 0.5) is 5.82 Å². The summed E-state index contributed by atoms with van der Waals surface area (Å²) in [7, 11) is -1.95. The lowest BCUT2D eigenvalue weighted by atomic mass is 10.4. The molecule has 1 N–H and O–H groups in total. The van der Waals surface area contributed by atoms with E-state index in [1.54, 1.807) is 26.2 Å². The van der Waals surface area contributed by atoms with Crippen molar-refractivity contribution in [2.24, 2.45) is 0 Å². The van der Waals surface area contributed by atoms with Gasteiger partial charge >= 0.3 is 0 Å². The molecule has 1 aromatic heterocycles. The van der Waals surface area contributed by atoms with Crippen LogP contribution in [-0.4, -0.2) is 51.1 Å². The van der Waals surface area contributed by atoms with Crippen molar-refractivity contribution in [3.63, 3.8) is 0 Å². The van der Waals surface area contributed by atoms with Gasteiger partial charge in [0.25, 0.3) is 0 Å². The summed E-state index contributed by atoms with van der Waals surface area (Å²) in [6, 6.07) is 1.55. The van der Waals surface area contributed by atoms with Crippen LogP contribution in [0, 0.1) is 0 Å². The first kappa shape index (κ1) is 17.4. The molecule has 0 bridgehead atoms. The van der Waals surface area contributed by atoms with Gasteiger partial charge in [-0.2, -0.15) is 4.31 Å². The smallest absolute Gasteiger partial charge is 0.246 e. The number of pyridine rings is 1. The zero-order chi connectivity index (χ0) is 15.2. The van der Waals surface area contributed by atoms with E-state index in [9.17, 15) is 8.42 Å². The lowest BCUT2D eigenvalue weighted by Crippen LogP contribution is -2.34. The highest BCUT2D eigenvalue weighted by atomic mass is 79.9. The fraction of sp³-hybridized carbons (Fsp3) is 0.583. The molecule has 0 aromatic carbocycles. The predicted molar refractivity (Wildman–Crippen MR) is 82.4 cm³/mol. The van der Waals surface area contributed by atoms with Crippen LogP contribution >= 0.6 is 15.9 Å². The molecule has 0 fully saturated rings. The van der Waals surface area contributed by atoms with Gasteiger partial charge in [-0.1, -0.05) is 6.92 Å². The van der Waals surface area contributed by atoms with Crippen LogP contribution in [0.15, 0.2) is 21.6 Å². The van der Waals surface area contributed by atoms with Gasteiger partial charge in [-0.25, -0.2) is 13.4 Å². The van der Waals surface area contributed by atoms with Gasteiger partial charge in [-0.3, -0.25) is 0 Å². The summed E-state index contributed by atoms with van der Waals surface area (Å²) in [5.41, 5.74) is 0. The average molecular weight is 366 g/mol. The largest absolute Gasteiger partial charge is 0.380 e. The zero-order valence-electron chi connectivity index (χ0n) is 11.9. The molecule has 0 amide bonds. The summed E-state index contributed by atoms with van der Waals surface area (Å²) in [6.07, 6.45) is 1.56. The second-order valence-corrected chi connectivity index (χ2v) is 6.77. The van der Waals surface area contributed by atoms with Crippen LogP contribution in [0.5, 0.6) is 0 Å². The SMILES string of the molecule is CCOCCN(CC)S(=O)(=O)c1cc(Br)cnc1NC. The van der Waals surface area contributed by atoms with E-state index in [4.69, 9.17) is 4.74 Å². The maximum atomic E-state index is 12.7. The molecule has 20 heavy (non-hydrogen) atoms. The molecule has 1 aromatic rings. The number of nitrogens with zero attached hydrogens (tertiary/aromatic N) is 2. The topological polar surface area (TPSA) is 71.5 Å². The first-order chi connectivity index (χ1) is 9.47. The van der Waals surface area contributed by atoms with Crippen molar-refractivity contribution >= 4 is 31.8 Å². The second-order valence-electron chi connectivity index (χ2n) is 3.94. The Labute approximate surface area is 128 Å². The van der Waals surface area contributed by atoms with Crippen molar-refractivity contribution < 1.29 is 13.2 Å². The van der Waals surface area contributed by atoms with E-state index in [-0.39, 0.29) is 4.90 Å². The standard InChI is InChI=1S/C12H20BrN3O3S/c1-4-16(6-7-19-5-2)20(17,18)11-8-10(13)9-15-12(11)14-3/h8-9H,4-7H2,1-3H3,(H,14,15). The molecule has 0 aliphatic carbocycles. The molecule has 0 radical (unpaired) electrons. The van der Waals surface area contributed by atoms with Crippen LogP contribution in [0.2, 0.25) is 0 Å². The highest BCUT2D eigenvalue weighted by Gasteiger charge is 2.26. The molecule has 8 heteroatoms. The minimum Gasteiger partial charge on any atom is -0.380 e. The van der Waals surface area contributed by atoms with E-state index in [1.807, 2.05) is 6.92 Å². The van der Waals surface area contributed by atoms with Gasteiger partial charge < -0.3 is 10.1 Å². The number of hydrogen-bond acceptors (Lipinski definition) is 5. The third-order valence-corrected chi connectivity index (χ3v) is 5.14. The number of rotatable bonds is 8. The molecule has 0 saturated heterocycles. The van der Waals surface area contributed by atoms with Crippen LogP contribution < -0.4 is 5.32 Å². The number of sulfonamides is 1. The van der Waals surface area contributed by atoms with E-state index in [0.717, 1.165) is 0 Å². The molecule has 114 valence electrons. The Kier molecular flexibility index (Phi) is 6.87. The van der Waals surface area contributed by atoms with E-state index < -0.39 is 10.0 Å². The van der Waals surface area contributed by atoms with E-state index >= 15 is 0 Å². The quantitative estimate of drug-likeness (QED) is 0.712. The number of halogens is 1. The third-order valence-electron chi connectivity index (χ3n) is 2.72. The first-order valence-corrected chi connectivity index (χ1v) is 8.61. The Morgan fingerprint density at radius 2 is 2.15 bits per heavy atom. The van der Waals surface area contributed by atoms with Crippen molar-refractivity contribution in [1.29, 1.82) is 0 Å². The minimum atomic E-state index is -3.60. The molecule has 1 heterocycles. The number of aromatic nitrogens is 1. The molecule has 6 nitrogen and oxygen atoms in total. The van der Waals surface area contributed by atoms with Gasteiger partial charge in [0.1, 0.15) is 10.7 Å². The first-order valence-electron chi connectivity index (χ1n) is 6.38. The molecule has 0 saturated carbocycles. The third kappa shape index (κ3) is 4.15. The Bertz CT molecular complexity index is 537. The number of anilines is 1. The molecular weight excluding hydrogens is 346 g/mol. The molecule has 0 aliphatic rings. The van der Waals surface area contributed by atoms with Gasteiger partial charge in [-0.15, -0.1) is 0 Å². The van der Waals surface area contributed by atoms with Crippen LogP contribution in [-0.2, 0) is 14.8 Å². The normalized spacial score (nSPS) is 11.8. The summed E-state index contributed by atoms with van der Waals surface area (Å²) in [6.45, 7) is 5.32. The van der Waals surface area contributed by atoms with Crippen LogP contribution in [0.1, 0.15) is 13.8 Å². The molecule has 0 spiro atoms.